The van der Waals surface area contributed by atoms with Gasteiger partial charge in [0.1, 0.15) is 0 Å². The van der Waals surface area contributed by atoms with E-state index >= 15 is 0 Å². The summed E-state index contributed by atoms with van der Waals surface area (Å²) in [6.45, 7) is 0. The van der Waals surface area contributed by atoms with Crippen molar-refractivity contribution in [1.82, 2.24) is 0 Å². The molecule has 0 saturated heterocycles. The number of carbonyl (C=O) groups excluding carboxylic acids is 1. The topological polar surface area (TPSA) is 54.4 Å². The van der Waals surface area contributed by atoms with E-state index in [2.05, 4.69) is 15.9 Å². The second-order valence-electron chi connectivity index (χ2n) is 2.54. The molecule has 0 fully saturated rings. The molecule has 0 spiro atoms. The Kier molecular flexibility index (Phi) is 3.59. The molecular weight excluding hydrogens is 248 g/mol. The summed E-state index contributed by atoms with van der Waals surface area (Å²) in [5.41, 5.74) is 1.16. The van der Waals surface area contributed by atoms with E-state index in [1.165, 1.54) is 6.08 Å². The number of hydrogen-bond acceptors (Lipinski definition) is 2. The highest BCUT2D eigenvalue weighted by molar-refractivity contribution is 9.10. The summed E-state index contributed by atoms with van der Waals surface area (Å²) in [5, 5.41) is 8.42. The highest BCUT2D eigenvalue weighted by atomic mass is 79.9. The monoisotopic (exact) mass is 254 g/mol. The van der Waals surface area contributed by atoms with Crippen LogP contribution in [0.2, 0.25) is 0 Å². The first-order valence-corrected chi connectivity index (χ1v) is 4.59. The van der Waals surface area contributed by atoms with E-state index < -0.39 is 5.97 Å². The maximum atomic E-state index is 10.5. The second-order valence-corrected chi connectivity index (χ2v) is 3.33. The molecule has 0 aromatic heterocycles. The van der Waals surface area contributed by atoms with Crippen molar-refractivity contribution in [2.75, 3.05) is 0 Å². The lowest BCUT2D eigenvalue weighted by atomic mass is 10.1. The molecule has 0 heterocycles. The van der Waals surface area contributed by atoms with E-state index in [4.69, 9.17) is 5.11 Å². The van der Waals surface area contributed by atoms with E-state index in [-0.39, 0.29) is 0 Å². The molecule has 1 N–H and O–H groups in total. The lowest BCUT2D eigenvalue weighted by Gasteiger charge is -1.99. The maximum Gasteiger partial charge on any atom is 0.328 e. The molecule has 0 unspecified atom stereocenters. The SMILES string of the molecule is O=Cc1cccc(C=CC(=O)O)c1Br. The number of aliphatic carboxylic acids is 1. The number of hydrogen-bond donors (Lipinski definition) is 1. The predicted octanol–water partition coefficient (Wildman–Crippen LogP) is 2.36. The third-order valence-corrected chi connectivity index (χ3v) is 2.51. The first-order valence-electron chi connectivity index (χ1n) is 3.80. The molecule has 1 aromatic rings. The van der Waals surface area contributed by atoms with Crippen LogP contribution in [0, 0.1) is 0 Å². The number of benzene rings is 1. The van der Waals surface area contributed by atoms with E-state index in [9.17, 15) is 9.59 Å². The second kappa shape index (κ2) is 4.72. The van der Waals surface area contributed by atoms with Crippen LogP contribution >= 0.6 is 15.9 Å². The molecule has 1 rings (SSSR count). The summed E-state index contributed by atoms with van der Waals surface area (Å²) in [5.74, 6) is -1.02. The van der Waals surface area contributed by atoms with Crippen molar-refractivity contribution >= 4 is 34.3 Å². The standard InChI is InChI=1S/C10H7BrO3/c11-10-7(4-5-9(13)14)2-1-3-8(10)6-12/h1-6H,(H,13,14). The van der Waals surface area contributed by atoms with Crippen LogP contribution in [-0.2, 0) is 4.79 Å². The molecule has 0 aliphatic carbocycles. The van der Waals surface area contributed by atoms with Crippen LogP contribution < -0.4 is 0 Å². The molecule has 0 radical (unpaired) electrons. The van der Waals surface area contributed by atoms with Crippen LogP contribution in [-0.4, -0.2) is 17.4 Å². The maximum absolute atomic E-state index is 10.5. The fraction of sp³-hybridized carbons (Fsp3) is 0. The summed E-state index contributed by atoms with van der Waals surface area (Å²) < 4.78 is 0.604. The number of rotatable bonds is 3. The van der Waals surface area contributed by atoms with Crippen LogP contribution in [0.1, 0.15) is 15.9 Å². The molecule has 14 heavy (non-hydrogen) atoms. The van der Waals surface area contributed by atoms with Crippen molar-refractivity contribution in [2.24, 2.45) is 0 Å². The number of carboxylic acids is 1. The van der Waals surface area contributed by atoms with Gasteiger partial charge in [0.25, 0.3) is 0 Å². The van der Waals surface area contributed by atoms with Gasteiger partial charge in [-0.05, 0) is 27.6 Å². The Bertz CT molecular complexity index is 396. The normalized spacial score (nSPS) is 10.4. The quantitative estimate of drug-likeness (QED) is 0.666. The van der Waals surface area contributed by atoms with E-state index in [1.54, 1.807) is 18.2 Å². The van der Waals surface area contributed by atoms with Crippen molar-refractivity contribution < 1.29 is 14.7 Å². The molecule has 72 valence electrons. The van der Waals surface area contributed by atoms with Crippen molar-refractivity contribution in [1.29, 1.82) is 0 Å². The number of carbonyl (C=O) groups is 2. The Labute approximate surface area is 89.2 Å². The van der Waals surface area contributed by atoms with Crippen LogP contribution in [0.5, 0.6) is 0 Å². The van der Waals surface area contributed by atoms with Crippen LogP contribution in [0.25, 0.3) is 6.08 Å². The van der Waals surface area contributed by atoms with Crippen molar-refractivity contribution in [3.05, 3.63) is 39.9 Å². The predicted molar refractivity (Wildman–Crippen MR) is 56.2 cm³/mol. The van der Waals surface area contributed by atoms with Gasteiger partial charge in [0.2, 0.25) is 0 Å². The third-order valence-electron chi connectivity index (χ3n) is 1.59. The van der Waals surface area contributed by atoms with Crippen molar-refractivity contribution in [2.45, 2.75) is 0 Å². The Morgan fingerprint density at radius 3 is 2.57 bits per heavy atom. The molecule has 4 heteroatoms. The molecule has 0 atom stereocenters. The summed E-state index contributed by atoms with van der Waals surface area (Å²) >= 11 is 3.22. The van der Waals surface area contributed by atoms with Gasteiger partial charge < -0.3 is 5.11 Å². The Morgan fingerprint density at radius 1 is 1.36 bits per heavy atom. The highest BCUT2D eigenvalue weighted by Crippen LogP contribution is 2.21. The molecule has 0 bridgehead atoms. The van der Waals surface area contributed by atoms with Crippen molar-refractivity contribution in [3.63, 3.8) is 0 Å². The average molecular weight is 255 g/mol. The van der Waals surface area contributed by atoms with Crippen LogP contribution in [0.4, 0.5) is 0 Å². The summed E-state index contributed by atoms with van der Waals surface area (Å²) in [6, 6.07) is 5.06. The number of aldehydes is 1. The lowest BCUT2D eigenvalue weighted by Crippen LogP contribution is -1.88. The van der Waals surface area contributed by atoms with Gasteiger partial charge in [-0.25, -0.2) is 4.79 Å². The van der Waals surface area contributed by atoms with Gasteiger partial charge in [-0.1, -0.05) is 18.2 Å². The van der Waals surface area contributed by atoms with Gasteiger partial charge in [0, 0.05) is 16.1 Å². The minimum atomic E-state index is -1.02. The zero-order valence-electron chi connectivity index (χ0n) is 7.11. The molecule has 0 aliphatic rings. The molecule has 0 saturated carbocycles. The van der Waals surface area contributed by atoms with Crippen LogP contribution in [0.3, 0.4) is 0 Å². The van der Waals surface area contributed by atoms with Gasteiger partial charge in [-0.3, -0.25) is 4.79 Å². The first kappa shape index (κ1) is 10.7. The average Bonchev–Trinajstić information content (AvgIpc) is 2.16. The van der Waals surface area contributed by atoms with Gasteiger partial charge in [-0.15, -0.1) is 0 Å². The summed E-state index contributed by atoms with van der Waals surface area (Å²) in [7, 11) is 0. The van der Waals surface area contributed by atoms with Crippen molar-refractivity contribution in [3.8, 4) is 0 Å². The third kappa shape index (κ3) is 2.53. The minimum Gasteiger partial charge on any atom is -0.478 e. The van der Waals surface area contributed by atoms with Gasteiger partial charge in [0.15, 0.2) is 6.29 Å². The van der Waals surface area contributed by atoms with Gasteiger partial charge in [-0.2, -0.15) is 0 Å². The zero-order chi connectivity index (χ0) is 10.6. The van der Waals surface area contributed by atoms with E-state index in [0.717, 1.165) is 6.08 Å². The Morgan fingerprint density at radius 2 is 2.00 bits per heavy atom. The number of halogens is 1. The highest BCUT2D eigenvalue weighted by Gasteiger charge is 2.01. The first-order chi connectivity index (χ1) is 6.65. The fourth-order valence-corrected chi connectivity index (χ4v) is 1.44. The van der Waals surface area contributed by atoms with E-state index in [0.29, 0.717) is 21.9 Å². The Balaban J connectivity index is 3.09. The number of carboxylic acid groups (broad SMARTS) is 1. The largest absolute Gasteiger partial charge is 0.478 e. The molecule has 0 amide bonds. The molecule has 3 nitrogen and oxygen atoms in total. The smallest absolute Gasteiger partial charge is 0.328 e. The molecule has 0 aliphatic heterocycles. The van der Waals surface area contributed by atoms with Gasteiger partial charge in [0.05, 0.1) is 0 Å². The molecule has 1 aromatic carbocycles. The van der Waals surface area contributed by atoms with E-state index in [1.807, 2.05) is 0 Å². The summed E-state index contributed by atoms with van der Waals surface area (Å²) in [6.07, 6.45) is 3.16. The fourth-order valence-electron chi connectivity index (χ4n) is 0.949. The Hall–Kier alpha value is -1.42. The van der Waals surface area contributed by atoms with Gasteiger partial charge >= 0.3 is 5.97 Å². The molecular formula is C10H7BrO3. The summed E-state index contributed by atoms with van der Waals surface area (Å²) in [4.78, 5) is 20.8. The van der Waals surface area contributed by atoms with Crippen LogP contribution in [0.15, 0.2) is 28.7 Å². The minimum absolute atomic E-state index is 0.498. The zero-order valence-corrected chi connectivity index (χ0v) is 8.69. The lowest BCUT2D eigenvalue weighted by molar-refractivity contribution is -0.131.